The standard InChI is InChI=1S/C16H14F2N4/c17-16(18)4-5-22(10-16)15-9-19-8-14(21-15)12-6-11-2-1-3-13(11)20-7-12/h1-2,6-9H,3-5,10H2. The van der Waals surface area contributed by atoms with Crippen LogP contribution in [-0.4, -0.2) is 34.0 Å². The number of halogens is 2. The van der Waals surface area contributed by atoms with Crippen LogP contribution in [0.4, 0.5) is 14.6 Å². The summed E-state index contributed by atoms with van der Waals surface area (Å²) in [4.78, 5) is 14.6. The molecule has 2 aromatic heterocycles. The van der Waals surface area contributed by atoms with Crippen LogP contribution >= 0.6 is 0 Å². The maximum absolute atomic E-state index is 13.3. The molecule has 112 valence electrons. The number of nitrogens with zero attached hydrogens (tertiary/aromatic N) is 4. The van der Waals surface area contributed by atoms with Gasteiger partial charge in [-0.1, -0.05) is 12.2 Å². The summed E-state index contributed by atoms with van der Waals surface area (Å²) < 4.78 is 26.7. The summed E-state index contributed by atoms with van der Waals surface area (Å²) in [7, 11) is 0. The molecule has 0 saturated carbocycles. The quantitative estimate of drug-likeness (QED) is 0.855. The van der Waals surface area contributed by atoms with Crippen LogP contribution in [0, 0.1) is 0 Å². The molecule has 6 heteroatoms. The van der Waals surface area contributed by atoms with Crippen LogP contribution in [0.15, 0.2) is 30.7 Å². The van der Waals surface area contributed by atoms with Gasteiger partial charge in [0.15, 0.2) is 0 Å². The highest BCUT2D eigenvalue weighted by molar-refractivity contribution is 5.67. The molecule has 4 nitrogen and oxygen atoms in total. The second-order valence-corrected chi connectivity index (χ2v) is 5.66. The highest BCUT2D eigenvalue weighted by atomic mass is 19.3. The lowest BCUT2D eigenvalue weighted by molar-refractivity contribution is 0.0256. The van der Waals surface area contributed by atoms with E-state index in [-0.39, 0.29) is 13.0 Å². The lowest BCUT2D eigenvalue weighted by Gasteiger charge is -2.17. The lowest BCUT2D eigenvalue weighted by Crippen LogP contribution is -2.25. The predicted molar refractivity (Wildman–Crippen MR) is 79.8 cm³/mol. The van der Waals surface area contributed by atoms with Gasteiger partial charge in [0.2, 0.25) is 0 Å². The summed E-state index contributed by atoms with van der Waals surface area (Å²) in [5, 5.41) is 0. The normalized spacial score (nSPS) is 18.7. The van der Waals surface area contributed by atoms with Gasteiger partial charge in [-0.3, -0.25) is 9.97 Å². The van der Waals surface area contributed by atoms with Crippen molar-refractivity contribution in [1.82, 2.24) is 15.0 Å². The molecule has 0 atom stereocenters. The zero-order valence-corrected chi connectivity index (χ0v) is 11.8. The Morgan fingerprint density at radius 1 is 1.18 bits per heavy atom. The van der Waals surface area contributed by atoms with E-state index in [1.165, 1.54) is 6.20 Å². The number of rotatable bonds is 2. The molecule has 1 fully saturated rings. The Hall–Kier alpha value is -2.37. The summed E-state index contributed by atoms with van der Waals surface area (Å²) in [5.74, 6) is -2.15. The fourth-order valence-corrected chi connectivity index (χ4v) is 2.84. The smallest absolute Gasteiger partial charge is 0.266 e. The van der Waals surface area contributed by atoms with Crippen LogP contribution in [0.3, 0.4) is 0 Å². The van der Waals surface area contributed by atoms with E-state index in [0.717, 1.165) is 23.2 Å². The van der Waals surface area contributed by atoms with Crippen molar-refractivity contribution in [2.75, 3.05) is 18.0 Å². The van der Waals surface area contributed by atoms with Crippen molar-refractivity contribution in [1.29, 1.82) is 0 Å². The van der Waals surface area contributed by atoms with Crippen molar-refractivity contribution < 1.29 is 8.78 Å². The Labute approximate surface area is 126 Å². The van der Waals surface area contributed by atoms with Crippen LogP contribution in [0.25, 0.3) is 17.3 Å². The molecule has 0 aromatic carbocycles. The number of anilines is 1. The molecule has 0 amide bonds. The molecule has 0 radical (unpaired) electrons. The first-order valence-corrected chi connectivity index (χ1v) is 7.21. The number of allylic oxidation sites excluding steroid dienone is 1. The largest absolute Gasteiger partial charge is 0.349 e. The zero-order chi connectivity index (χ0) is 15.2. The molecule has 0 spiro atoms. The van der Waals surface area contributed by atoms with Crippen LogP contribution < -0.4 is 4.90 Å². The van der Waals surface area contributed by atoms with E-state index in [4.69, 9.17) is 0 Å². The van der Waals surface area contributed by atoms with Crippen LogP contribution in [0.1, 0.15) is 17.7 Å². The zero-order valence-electron chi connectivity index (χ0n) is 11.8. The third-order valence-electron chi connectivity index (χ3n) is 4.02. The van der Waals surface area contributed by atoms with Crippen LogP contribution in [0.5, 0.6) is 0 Å². The van der Waals surface area contributed by atoms with Crippen molar-refractivity contribution in [3.63, 3.8) is 0 Å². The summed E-state index contributed by atoms with van der Waals surface area (Å²) in [5.41, 5.74) is 3.64. The minimum absolute atomic E-state index is 0.135. The Morgan fingerprint density at radius 3 is 2.91 bits per heavy atom. The molecule has 22 heavy (non-hydrogen) atoms. The van der Waals surface area contributed by atoms with Gasteiger partial charge in [0.05, 0.1) is 30.3 Å². The number of fused-ring (bicyclic) bond motifs is 1. The molecular weight excluding hydrogens is 286 g/mol. The van der Waals surface area contributed by atoms with Crippen molar-refractivity contribution in [2.45, 2.75) is 18.8 Å². The van der Waals surface area contributed by atoms with Gasteiger partial charge in [-0.2, -0.15) is 0 Å². The first-order chi connectivity index (χ1) is 10.6. The van der Waals surface area contributed by atoms with E-state index in [1.807, 2.05) is 12.1 Å². The Kier molecular flexibility index (Phi) is 2.92. The molecule has 1 aliphatic carbocycles. The lowest BCUT2D eigenvalue weighted by atomic mass is 10.1. The first-order valence-electron chi connectivity index (χ1n) is 7.21. The van der Waals surface area contributed by atoms with E-state index in [0.29, 0.717) is 18.1 Å². The molecule has 2 aliphatic rings. The summed E-state index contributed by atoms with van der Waals surface area (Å²) >= 11 is 0. The van der Waals surface area contributed by atoms with E-state index in [9.17, 15) is 8.78 Å². The molecule has 3 heterocycles. The summed E-state index contributed by atoms with van der Waals surface area (Å²) in [6.07, 6.45) is 9.75. The molecule has 0 unspecified atom stereocenters. The molecule has 2 aromatic rings. The monoisotopic (exact) mass is 300 g/mol. The molecular formula is C16H14F2N4. The van der Waals surface area contributed by atoms with Crippen molar-refractivity contribution in [3.8, 4) is 11.3 Å². The van der Waals surface area contributed by atoms with E-state index < -0.39 is 5.92 Å². The van der Waals surface area contributed by atoms with Gasteiger partial charge in [-0.15, -0.1) is 0 Å². The second-order valence-electron chi connectivity index (χ2n) is 5.66. The van der Waals surface area contributed by atoms with Crippen LogP contribution in [-0.2, 0) is 6.42 Å². The average molecular weight is 300 g/mol. The highest BCUT2D eigenvalue weighted by Gasteiger charge is 2.38. The minimum Gasteiger partial charge on any atom is -0.349 e. The molecule has 0 N–H and O–H groups in total. The number of hydrogen-bond donors (Lipinski definition) is 0. The van der Waals surface area contributed by atoms with Gasteiger partial charge < -0.3 is 4.90 Å². The third kappa shape index (κ3) is 2.34. The molecule has 4 rings (SSSR count). The van der Waals surface area contributed by atoms with E-state index in [2.05, 4.69) is 21.0 Å². The fourth-order valence-electron chi connectivity index (χ4n) is 2.84. The number of hydrogen-bond acceptors (Lipinski definition) is 4. The number of pyridine rings is 1. The summed E-state index contributed by atoms with van der Waals surface area (Å²) in [6.45, 7) is 0.00657. The Morgan fingerprint density at radius 2 is 2.09 bits per heavy atom. The molecule has 0 bridgehead atoms. The van der Waals surface area contributed by atoms with Gasteiger partial charge in [-0.25, -0.2) is 13.8 Å². The van der Waals surface area contributed by atoms with Gasteiger partial charge in [0, 0.05) is 31.1 Å². The van der Waals surface area contributed by atoms with Gasteiger partial charge in [0.1, 0.15) is 5.82 Å². The Balaban J connectivity index is 1.66. The number of alkyl halides is 2. The third-order valence-corrected chi connectivity index (χ3v) is 4.02. The second kappa shape index (κ2) is 4.83. The maximum atomic E-state index is 13.3. The van der Waals surface area contributed by atoms with Crippen molar-refractivity contribution in [2.24, 2.45) is 0 Å². The van der Waals surface area contributed by atoms with Crippen molar-refractivity contribution >= 4 is 11.9 Å². The van der Waals surface area contributed by atoms with Gasteiger partial charge in [0.25, 0.3) is 5.92 Å². The predicted octanol–water partition coefficient (Wildman–Crippen LogP) is 2.95. The SMILES string of the molecule is FC1(F)CCN(c2cncc(-c3cnc4c(c3)C=CC4)n2)C1. The Bertz CT molecular complexity index is 758. The van der Waals surface area contributed by atoms with E-state index >= 15 is 0 Å². The van der Waals surface area contributed by atoms with Gasteiger partial charge in [-0.05, 0) is 11.6 Å². The maximum Gasteiger partial charge on any atom is 0.266 e. The fraction of sp³-hybridized carbons (Fsp3) is 0.312. The minimum atomic E-state index is -2.64. The van der Waals surface area contributed by atoms with Gasteiger partial charge >= 0.3 is 0 Å². The average Bonchev–Trinajstić information content (AvgIpc) is 3.12. The van der Waals surface area contributed by atoms with E-state index in [1.54, 1.807) is 17.3 Å². The van der Waals surface area contributed by atoms with Crippen molar-refractivity contribution in [3.05, 3.63) is 42.0 Å². The topological polar surface area (TPSA) is 41.9 Å². The number of aromatic nitrogens is 3. The molecule has 1 saturated heterocycles. The molecule has 1 aliphatic heterocycles. The summed E-state index contributed by atoms with van der Waals surface area (Å²) in [6, 6.07) is 2.01. The highest BCUT2D eigenvalue weighted by Crippen LogP contribution is 2.31. The van der Waals surface area contributed by atoms with Crippen LogP contribution in [0.2, 0.25) is 0 Å². The first kappa shape index (κ1) is 13.3.